The van der Waals surface area contributed by atoms with Gasteiger partial charge in [0.1, 0.15) is 0 Å². The molecule has 1 atom stereocenters. The van der Waals surface area contributed by atoms with Gasteiger partial charge in [-0.3, -0.25) is 0 Å². The van der Waals surface area contributed by atoms with E-state index in [4.69, 9.17) is 0 Å². The van der Waals surface area contributed by atoms with Crippen LogP contribution in [0.15, 0.2) is 0 Å². The van der Waals surface area contributed by atoms with Crippen LogP contribution in [-0.4, -0.2) is 12.6 Å². The van der Waals surface area contributed by atoms with Crippen LogP contribution >= 0.6 is 0 Å². The fraction of sp³-hybridized carbons (Fsp3) is 1.00. The van der Waals surface area contributed by atoms with E-state index in [2.05, 4.69) is 12.2 Å². The molecule has 19 heavy (non-hydrogen) atoms. The minimum absolute atomic E-state index is 0.774. The van der Waals surface area contributed by atoms with Gasteiger partial charge in [-0.05, 0) is 87.0 Å². The molecule has 0 amide bonds. The lowest BCUT2D eigenvalue weighted by atomic mass is 9.48. The van der Waals surface area contributed by atoms with Crippen LogP contribution in [0.25, 0.3) is 0 Å². The Kier molecular flexibility index (Phi) is 3.17. The Hall–Kier alpha value is -0.0400. The molecule has 0 heterocycles. The molecule has 5 rings (SSSR count). The van der Waals surface area contributed by atoms with Gasteiger partial charge >= 0.3 is 0 Å². The van der Waals surface area contributed by atoms with E-state index in [0.29, 0.717) is 0 Å². The van der Waals surface area contributed by atoms with E-state index in [-0.39, 0.29) is 0 Å². The SMILES string of the molecule is CCNC(CC1CC1)CC12CC3CC(CC(C3)C1)C2. The second-order valence-corrected chi connectivity index (χ2v) is 8.56. The number of nitrogens with one attached hydrogen (secondary N) is 1. The third kappa shape index (κ3) is 2.60. The molecule has 1 heteroatoms. The van der Waals surface area contributed by atoms with Crippen molar-refractivity contribution in [3.63, 3.8) is 0 Å². The molecule has 4 bridgehead atoms. The average Bonchev–Trinajstić information content (AvgIpc) is 3.10. The maximum Gasteiger partial charge on any atom is 0.00748 e. The Morgan fingerprint density at radius 3 is 2.05 bits per heavy atom. The quantitative estimate of drug-likeness (QED) is 0.748. The van der Waals surface area contributed by atoms with Gasteiger partial charge < -0.3 is 5.32 Å². The third-order valence-corrected chi connectivity index (χ3v) is 6.65. The summed E-state index contributed by atoms with van der Waals surface area (Å²) in [5, 5.41) is 3.83. The van der Waals surface area contributed by atoms with Crippen LogP contribution in [0.2, 0.25) is 0 Å². The normalized spacial score (nSPS) is 45.6. The van der Waals surface area contributed by atoms with Crippen LogP contribution in [0.4, 0.5) is 0 Å². The van der Waals surface area contributed by atoms with E-state index in [1.165, 1.54) is 32.2 Å². The van der Waals surface area contributed by atoms with Crippen molar-refractivity contribution in [3.05, 3.63) is 0 Å². The van der Waals surface area contributed by atoms with Gasteiger partial charge in [0.15, 0.2) is 0 Å². The number of rotatable bonds is 6. The Balaban J connectivity index is 1.44. The smallest absolute Gasteiger partial charge is 0.00748 e. The predicted octanol–water partition coefficient (Wildman–Crippen LogP) is 4.37. The van der Waals surface area contributed by atoms with Crippen LogP contribution in [0.1, 0.15) is 71.1 Å². The maximum atomic E-state index is 3.83. The van der Waals surface area contributed by atoms with Crippen molar-refractivity contribution in [2.45, 2.75) is 77.2 Å². The Labute approximate surface area is 118 Å². The molecule has 1 N–H and O–H groups in total. The Morgan fingerprint density at radius 1 is 1.00 bits per heavy atom. The molecule has 0 saturated heterocycles. The van der Waals surface area contributed by atoms with Gasteiger partial charge in [-0.25, -0.2) is 0 Å². The zero-order valence-corrected chi connectivity index (χ0v) is 12.7. The summed E-state index contributed by atoms with van der Waals surface area (Å²) in [5.41, 5.74) is 0.774. The molecule has 1 unspecified atom stereocenters. The van der Waals surface area contributed by atoms with E-state index in [9.17, 15) is 0 Å². The maximum absolute atomic E-state index is 3.83. The lowest BCUT2D eigenvalue weighted by Gasteiger charge is -2.57. The highest BCUT2D eigenvalue weighted by atomic mass is 14.9. The van der Waals surface area contributed by atoms with Gasteiger partial charge in [0.2, 0.25) is 0 Å². The molecule has 5 aliphatic rings. The summed E-state index contributed by atoms with van der Waals surface area (Å²) >= 11 is 0. The van der Waals surface area contributed by atoms with Crippen LogP contribution in [0, 0.1) is 29.1 Å². The largest absolute Gasteiger partial charge is 0.314 e. The van der Waals surface area contributed by atoms with Crippen molar-refractivity contribution in [2.24, 2.45) is 29.1 Å². The number of hydrogen-bond donors (Lipinski definition) is 1. The molecular weight excluding hydrogens is 230 g/mol. The average molecular weight is 261 g/mol. The van der Waals surface area contributed by atoms with E-state index >= 15 is 0 Å². The second kappa shape index (κ2) is 4.76. The molecule has 108 valence electrons. The van der Waals surface area contributed by atoms with Crippen molar-refractivity contribution in [1.29, 1.82) is 0 Å². The molecule has 0 aromatic carbocycles. The van der Waals surface area contributed by atoms with Crippen molar-refractivity contribution in [2.75, 3.05) is 6.54 Å². The molecule has 0 spiro atoms. The Morgan fingerprint density at radius 2 is 1.58 bits per heavy atom. The van der Waals surface area contributed by atoms with Crippen molar-refractivity contribution >= 4 is 0 Å². The first kappa shape index (κ1) is 12.7. The molecule has 5 fully saturated rings. The molecule has 5 saturated carbocycles. The highest BCUT2D eigenvalue weighted by molar-refractivity contribution is 5.03. The number of hydrogen-bond acceptors (Lipinski definition) is 1. The summed E-state index contributed by atoms with van der Waals surface area (Å²) in [4.78, 5) is 0. The van der Waals surface area contributed by atoms with E-state index in [1.54, 1.807) is 38.5 Å². The van der Waals surface area contributed by atoms with Crippen molar-refractivity contribution in [1.82, 2.24) is 5.32 Å². The van der Waals surface area contributed by atoms with Crippen molar-refractivity contribution in [3.8, 4) is 0 Å². The summed E-state index contributed by atoms with van der Waals surface area (Å²) in [6.45, 7) is 3.46. The minimum atomic E-state index is 0.774. The van der Waals surface area contributed by atoms with Gasteiger partial charge in [0, 0.05) is 6.04 Å². The van der Waals surface area contributed by atoms with Crippen LogP contribution in [0.5, 0.6) is 0 Å². The summed E-state index contributed by atoms with van der Waals surface area (Å²) in [6, 6.07) is 0.841. The molecule has 0 radical (unpaired) electrons. The molecule has 1 nitrogen and oxygen atoms in total. The van der Waals surface area contributed by atoms with Gasteiger partial charge in [-0.1, -0.05) is 19.8 Å². The second-order valence-electron chi connectivity index (χ2n) is 8.56. The predicted molar refractivity (Wildman–Crippen MR) is 80.0 cm³/mol. The monoisotopic (exact) mass is 261 g/mol. The lowest BCUT2D eigenvalue weighted by molar-refractivity contribution is -0.0625. The van der Waals surface area contributed by atoms with Gasteiger partial charge in [-0.15, -0.1) is 0 Å². The topological polar surface area (TPSA) is 12.0 Å². The first-order valence-corrected chi connectivity index (χ1v) is 8.98. The summed E-state index contributed by atoms with van der Waals surface area (Å²) < 4.78 is 0. The first-order valence-electron chi connectivity index (χ1n) is 8.98. The molecular formula is C18H31N. The first-order chi connectivity index (χ1) is 9.25. The van der Waals surface area contributed by atoms with Crippen LogP contribution in [-0.2, 0) is 0 Å². The van der Waals surface area contributed by atoms with Gasteiger partial charge in [0.25, 0.3) is 0 Å². The van der Waals surface area contributed by atoms with Crippen LogP contribution in [0.3, 0.4) is 0 Å². The highest BCUT2D eigenvalue weighted by Crippen LogP contribution is 2.61. The minimum Gasteiger partial charge on any atom is -0.314 e. The van der Waals surface area contributed by atoms with Crippen LogP contribution < -0.4 is 5.32 Å². The molecule has 5 aliphatic carbocycles. The van der Waals surface area contributed by atoms with Crippen molar-refractivity contribution < 1.29 is 0 Å². The van der Waals surface area contributed by atoms with Gasteiger partial charge in [0.05, 0.1) is 0 Å². The molecule has 0 aliphatic heterocycles. The standard InChI is InChI=1S/C18H31N/c1-2-19-17(8-13-3-4-13)12-18-9-14-5-15(10-18)7-16(6-14)11-18/h13-17,19H,2-12H2,1H3. The molecule has 0 aromatic rings. The lowest BCUT2D eigenvalue weighted by Crippen LogP contribution is -2.49. The fourth-order valence-corrected chi connectivity index (χ4v) is 6.35. The summed E-state index contributed by atoms with van der Waals surface area (Å²) in [5.74, 6) is 4.44. The fourth-order valence-electron chi connectivity index (χ4n) is 6.35. The summed E-state index contributed by atoms with van der Waals surface area (Å²) in [6.07, 6.45) is 15.6. The van der Waals surface area contributed by atoms with E-state index in [0.717, 1.165) is 35.1 Å². The van der Waals surface area contributed by atoms with Gasteiger partial charge in [-0.2, -0.15) is 0 Å². The third-order valence-electron chi connectivity index (χ3n) is 6.65. The molecule has 0 aromatic heterocycles. The van der Waals surface area contributed by atoms with E-state index < -0.39 is 0 Å². The summed E-state index contributed by atoms with van der Waals surface area (Å²) in [7, 11) is 0. The highest BCUT2D eigenvalue weighted by Gasteiger charge is 2.51. The van der Waals surface area contributed by atoms with E-state index in [1.807, 2.05) is 0 Å². The zero-order chi connectivity index (χ0) is 12.9. The Bertz CT molecular complexity index is 295. The zero-order valence-electron chi connectivity index (χ0n) is 12.7.